The van der Waals surface area contributed by atoms with E-state index < -0.39 is 16.9 Å². The van der Waals surface area contributed by atoms with Gasteiger partial charge >= 0.3 is 0 Å². The van der Waals surface area contributed by atoms with Crippen molar-refractivity contribution in [1.29, 1.82) is 0 Å². The van der Waals surface area contributed by atoms with E-state index in [0.717, 1.165) is 11.1 Å². The van der Waals surface area contributed by atoms with Crippen LogP contribution in [-0.4, -0.2) is 25.6 Å². The van der Waals surface area contributed by atoms with Crippen molar-refractivity contribution in [2.24, 2.45) is 5.73 Å². The number of non-ortho nitro benzene ring substituents is 1. The number of carbonyl (C=O) groups is 1. The topological polar surface area (TPSA) is 129 Å². The Hall–Kier alpha value is -4.01. The van der Waals surface area contributed by atoms with E-state index in [9.17, 15) is 14.9 Å². The Morgan fingerprint density at radius 2 is 1.93 bits per heavy atom. The number of nitrogens with zero attached hydrogens (tertiary/aromatic N) is 4. The molecule has 0 fully saturated rings. The Bertz CT molecular complexity index is 1160. The molecule has 3 N–H and O–H groups in total. The molecule has 2 aromatic carbocycles. The summed E-state index contributed by atoms with van der Waals surface area (Å²) in [6.07, 6.45) is 0. The number of nitro groups is 1. The molecule has 2 heterocycles. The van der Waals surface area contributed by atoms with Gasteiger partial charge in [0.25, 0.3) is 5.69 Å². The number of allylic oxidation sites excluding steroid dienone is 1. The number of hydrogen-bond donors (Lipinski definition) is 2. The van der Waals surface area contributed by atoms with Crippen LogP contribution in [0.3, 0.4) is 0 Å². The second kappa shape index (κ2) is 6.86. The zero-order valence-electron chi connectivity index (χ0n) is 15.8. The molecular formula is C20H18N6O3. The van der Waals surface area contributed by atoms with Crippen molar-refractivity contribution in [2.75, 3.05) is 5.32 Å². The lowest BCUT2D eigenvalue weighted by Gasteiger charge is -2.27. The molecule has 0 saturated heterocycles. The highest BCUT2D eigenvalue weighted by atomic mass is 16.6. The van der Waals surface area contributed by atoms with Crippen molar-refractivity contribution >= 4 is 17.5 Å². The molecule has 1 aliphatic rings. The largest absolute Gasteiger partial charge is 0.366 e. The van der Waals surface area contributed by atoms with Gasteiger partial charge in [0.15, 0.2) is 5.82 Å². The normalized spacial score (nSPS) is 15.6. The average molecular weight is 390 g/mol. The third-order valence-electron chi connectivity index (χ3n) is 4.82. The molecule has 0 bridgehead atoms. The van der Waals surface area contributed by atoms with Gasteiger partial charge in [0.05, 0.1) is 10.5 Å². The first-order chi connectivity index (χ1) is 13.8. The standard InChI is InChI=1S/C20H18N6O3/c1-11-6-8-13(9-7-11)19-23-20-22-12(2)16(18(21)27)17(25(20)24-19)14-4-3-5-15(10-14)26(28)29/h3-10,17H,1-2H3,(H2,21,27)(H,22,23,24). The number of fused-ring (bicyclic) bond motifs is 1. The lowest BCUT2D eigenvalue weighted by Crippen LogP contribution is -2.31. The van der Waals surface area contributed by atoms with Gasteiger partial charge in [-0.2, -0.15) is 4.98 Å². The molecule has 0 radical (unpaired) electrons. The first-order valence-corrected chi connectivity index (χ1v) is 8.90. The van der Waals surface area contributed by atoms with Crippen molar-refractivity contribution in [2.45, 2.75) is 19.9 Å². The smallest absolute Gasteiger partial charge is 0.269 e. The van der Waals surface area contributed by atoms with E-state index >= 15 is 0 Å². The number of nitrogens with two attached hydrogens (primary N) is 1. The lowest BCUT2D eigenvalue weighted by molar-refractivity contribution is -0.384. The third kappa shape index (κ3) is 3.22. The Balaban J connectivity index is 1.88. The summed E-state index contributed by atoms with van der Waals surface area (Å²) < 4.78 is 1.54. The number of anilines is 1. The number of nitro benzene ring substituents is 1. The Labute approximate surface area is 166 Å². The average Bonchev–Trinajstić information content (AvgIpc) is 3.10. The summed E-state index contributed by atoms with van der Waals surface area (Å²) in [5, 5.41) is 18.9. The van der Waals surface area contributed by atoms with E-state index in [-0.39, 0.29) is 11.3 Å². The van der Waals surface area contributed by atoms with Gasteiger partial charge in [-0.25, -0.2) is 4.68 Å². The maximum absolute atomic E-state index is 12.2. The number of aryl methyl sites for hydroxylation is 1. The molecule has 29 heavy (non-hydrogen) atoms. The summed E-state index contributed by atoms with van der Waals surface area (Å²) >= 11 is 0. The zero-order valence-corrected chi connectivity index (χ0v) is 15.8. The molecule has 4 rings (SSSR count). The second-order valence-electron chi connectivity index (χ2n) is 6.85. The molecule has 1 unspecified atom stereocenters. The Morgan fingerprint density at radius 3 is 2.59 bits per heavy atom. The monoisotopic (exact) mass is 390 g/mol. The minimum Gasteiger partial charge on any atom is -0.366 e. The maximum atomic E-state index is 12.2. The van der Waals surface area contributed by atoms with Gasteiger partial charge in [-0.1, -0.05) is 42.0 Å². The Kier molecular flexibility index (Phi) is 4.34. The SMILES string of the molecule is CC1=C(C(N)=O)C(c2cccc([N+](=O)[O-])c2)n2nc(-c3ccc(C)cc3)nc2N1. The first-order valence-electron chi connectivity index (χ1n) is 8.90. The zero-order chi connectivity index (χ0) is 20.7. The summed E-state index contributed by atoms with van der Waals surface area (Å²) in [6.45, 7) is 3.70. The fraction of sp³-hybridized carbons (Fsp3) is 0.150. The molecule has 1 aliphatic heterocycles. The molecule has 1 amide bonds. The number of aromatic nitrogens is 3. The summed E-state index contributed by atoms with van der Waals surface area (Å²) in [7, 11) is 0. The van der Waals surface area contributed by atoms with Crippen LogP contribution in [0.2, 0.25) is 0 Å². The highest BCUT2D eigenvalue weighted by Crippen LogP contribution is 2.36. The molecule has 0 spiro atoms. The predicted octanol–water partition coefficient (Wildman–Crippen LogP) is 2.94. The van der Waals surface area contributed by atoms with Crippen molar-refractivity contribution < 1.29 is 9.72 Å². The van der Waals surface area contributed by atoms with Gasteiger partial charge in [-0.15, -0.1) is 5.10 Å². The van der Waals surface area contributed by atoms with E-state index in [1.807, 2.05) is 31.2 Å². The molecule has 9 heteroatoms. The number of rotatable bonds is 4. The quantitative estimate of drug-likeness (QED) is 0.520. The lowest BCUT2D eigenvalue weighted by atomic mass is 9.95. The van der Waals surface area contributed by atoms with Gasteiger partial charge in [0, 0.05) is 23.4 Å². The molecule has 0 aliphatic carbocycles. The molecule has 146 valence electrons. The number of amides is 1. The van der Waals surface area contributed by atoms with Gasteiger partial charge in [-0.3, -0.25) is 14.9 Å². The van der Waals surface area contributed by atoms with Crippen LogP contribution in [0, 0.1) is 17.0 Å². The van der Waals surface area contributed by atoms with Crippen LogP contribution in [0.4, 0.5) is 11.6 Å². The Morgan fingerprint density at radius 1 is 1.21 bits per heavy atom. The molecule has 1 aromatic heterocycles. The molecule has 9 nitrogen and oxygen atoms in total. The van der Waals surface area contributed by atoms with Crippen molar-refractivity contribution in [1.82, 2.24) is 14.8 Å². The number of primary amides is 1. The number of benzene rings is 2. The molecule has 3 aromatic rings. The summed E-state index contributed by atoms with van der Waals surface area (Å²) in [6, 6.07) is 13.1. The number of hydrogen-bond acceptors (Lipinski definition) is 6. The van der Waals surface area contributed by atoms with Crippen molar-refractivity contribution in [3.8, 4) is 11.4 Å². The van der Waals surface area contributed by atoms with Crippen LogP contribution in [0.5, 0.6) is 0 Å². The van der Waals surface area contributed by atoms with Gasteiger partial charge < -0.3 is 11.1 Å². The van der Waals surface area contributed by atoms with E-state index in [2.05, 4.69) is 15.4 Å². The summed E-state index contributed by atoms with van der Waals surface area (Å²) in [4.78, 5) is 27.5. The van der Waals surface area contributed by atoms with Crippen LogP contribution < -0.4 is 11.1 Å². The van der Waals surface area contributed by atoms with Gasteiger partial charge in [0.1, 0.15) is 6.04 Å². The minimum atomic E-state index is -0.727. The van der Waals surface area contributed by atoms with Gasteiger partial charge in [-0.05, 0) is 19.4 Å². The second-order valence-corrected chi connectivity index (χ2v) is 6.85. The first kappa shape index (κ1) is 18.4. The summed E-state index contributed by atoms with van der Waals surface area (Å²) in [5.41, 5.74) is 8.82. The third-order valence-corrected chi connectivity index (χ3v) is 4.82. The van der Waals surface area contributed by atoms with Gasteiger partial charge in [0.2, 0.25) is 11.9 Å². The number of carbonyl (C=O) groups excluding carboxylic acids is 1. The van der Waals surface area contributed by atoms with E-state index in [1.54, 1.807) is 23.7 Å². The number of nitrogens with one attached hydrogen (secondary N) is 1. The predicted molar refractivity (Wildman–Crippen MR) is 107 cm³/mol. The van der Waals surface area contributed by atoms with Crippen molar-refractivity contribution in [3.63, 3.8) is 0 Å². The molecule has 1 atom stereocenters. The van der Waals surface area contributed by atoms with E-state index in [4.69, 9.17) is 5.73 Å². The van der Waals surface area contributed by atoms with Crippen LogP contribution >= 0.6 is 0 Å². The van der Waals surface area contributed by atoms with Crippen LogP contribution in [-0.2, 0) is 4.79 Å². The highest BCUT2D eigenvalue weighted by molar-refractivity contribution is 5.95. The van der Waals surface area contributed by atoms with Crippen LogP contribution in [0.15, 0.2) is 59.8 Å². The molecular weight excluding hydrogens is 372 g/mol. The molecule has 0 saturated carbocycles. The van der Waals surface area contributed by atoms with Crippen LogP contribution in [0.25, 0.3) is 11.4 Å². The minimum absolute atomic E-state index is 0.0806. The van der Waals surface area contributed by atoms with Crippen LogP contribution in [0.1, 0.15) is 24.1 Å². The van der Waals surface area contributed by atoms with Crippen molar-refractivity contribution in [3.05, 3.63) is 81.0 Å². The van der Waals surface area contributed by atoms with E-state index in [0.29, 0.717) is 23.0 Å². The fourth-order valence-corrected chi connectivity index (χ4v) is 3.41. The fourth-order valence-electron chi connectivity index (χ4n) is 3.41. The summed E-state index contributed by atoms with van der Waals surface area (Å²) in [5.74, 6) is 0.269. The maximum Gasteiger partial charge on any atom is 0.269 e. The highest BCUT2D eigenvalue weighted by Gasteiger charge is 2.34. The van der Waals surface area contributed by atoms with E-state index in [1.165, 1.54) is 12.1 Å².